The van der Waals surface area contributed by atoms with Gasteiger partial charge in [-0.3, -0.25) is 18.9 Å². The molecule has 1 aromatic rings. The molecule has 13 heteroatoms. The zero-order chi connectivity index (χ0) is 33.5. The molecule has 0 saturated carbocycles. The van der Waals surface area contributed by atoms with E-state index in [1.54, 1.807) is 14.1 Å². The number of carboxylic acid groups (broad SMARTS) is 1. The molecule has 3 amide bonds. The van der Waals surface area contributed by atoms with E-state index in [0.29, 0.717) is 0 Å². The molecule has 0 fully saturated rings. The van der Waals surface area contributed by atoms with Gasteiger partial charge in [-0.25, -0.2) is 4.79 Å². The average Bonchev–Trinajstić information content (AvgIpc) is 2.88. The Morgan fingerprint density at radius 3 is 1.93 bits per heavy atom. The first-order valence-corrected chi connectivity index (χ1v) is 15.6. The Hall–Kier alpha value is -3.29. The van der Waals surface area contributed by atoms with Crippen molar-refractivity contribution in [1.82, 2.24) is 20.9 Å². The molecule has 0 radical (unpaired) electrons. The number of carboxylic acids is 1. The summed E-state index contributed by atoms with van der Waals surface area (Å²) in [5.74, 6) is -4.67. The molecule has 0 heterocycles. The zero-order valence-corrected chi connectivity index (χ0v) is 27.6. The van der Waals surface area contributed by atoms with Crippen molar-refractivity contribution in [2.75, 3.05) is 19.8 Å². The molecule has 0 bridgehead atoms. The van der Waals surface area contributed by atoms with Gasteiger partial charge in [0.1, 0.15) is 17.8 Å². The topological polar surface area (TPSA) is 182 Å². The largest absolute Gasteiger partial charge is 0.480 e. The number of hydrogen-bond donors (Lipinski definition) is 5. The summed E-state index contributed by atoms with van der Waals surface area (Å²) in [6.07, 6.45) is 1.49. The van der Waals surface area contributed by atoms with E-state index in [1.807, 2.05) is 78.8 Å². The summed E-state index contributed by atoms with van der Waals surface area (Å²) in [6, 6.07) is 5.44. The monoisotopic (exact) mass is 624 g/mol. The third-order valence-electron chi connectivity index (χ3n) is 7.43. The van der Waals surface area contributed by atoms with Gasteiger partial charge in [-0.1, -0.05) is 84.9 Å². The summed E-state index contributed by atoms with van der Waals surface area (Å²) in [6.45, 7) is 14.5. The van der Waals surface area contributed by atoms with Crippen LogP contribution < -0.4 is 16.0 Å². The second-order valence-corrected chi connectivity index (χ2v) is 14.3. The maximum atomic E-state index is 14.0. The van der Waals surface area contributed by atoms with Crippen LogP contribution in [0.5, 0.6) is 0 Å². The van der Waals surface area contributed by atoms with E-state index in [4.69, 9.17) is 4.55 Å². The molecule has 0 saturated heterocycles. The number of benzene rings is 1. The van der Waals surface area contributed by atoms with E-state index >= 15 is 0 Å². The number of nitrogens with zero attached hydrogens (tertiary/aromatic N) is 1. The van der Waals surface area contributed by atoms with Crippen molar-refractivity contribution in [2.24, 2.45) is 11.3 Å². The van der Waals surface area contributed by atoms with Gasteiger partial charge < -0.3 is 26.0 Å². The van der Waals surface area contributed by atoms with Gasteiger partial charge in [0.25, 0.3) is 10.1 Å². The minimum absolute atomic E-state index is 0.0381. The molecule has 12 nitrogen and oxygen atoms in total. The Kier molecular flexibility index (Phi) is 13.1. The lowest BCUT2D eigenvalue weighted by Gasteiger charge is -2.40. The maximum Gasteiger partial charge on any atom is 0.327 e. The molecule has 1 unspecified atom stereocenters. The molecule has 1 aromatic carbocycles. The van der Waals surface area contributed by atoms with Crippen LogP contribution in [0, 0.1) is 11.3 Å². The lowest BCUT2D eigenvalue weighted by molar-refractivity contribution is -0.140. The van der Waals surface area contributed by atoms with Gasteiger partial charge in [0, 0.05) is 18.0 Å². The van der Waals surface area contributed by atoms with E-state index in [-0.39, 0.29) is 17.4 Å². The van der Waals surface area contributed by atoms with Gasteiger partial charge in [-0.2, -0.15) is 8.42 Å². The summed E-state index contributed by atoms with van der Waals surface area (Å²) < 4.78 is 31.4. The molecule has 0 aliphatic rings. The van der Waals surface area contributed by atoms with Crippen LogP contribution >= 0.6 is 0 Å². The minimum atomic E-state index is -4.67. The quantitative estimate of drug-likeness (QED) is 0.153. The number of nitrogens with one attached hydrogen (secondary N) is 3. The second kappa shape index (κ2) is 14.9. The fourth-order valence-corrected chi connectivity index (χ4v) is 5.47. The molecule has 0 aromatic heterocycles. The van der Waals surface area contributed by atoms with Crippen LogP contribution in [0.4, 0.5) is 0 Å². The van der Waals surface area contributed by atoms with Crippen molar-refractivity contribution >= 4 is 33.8 Å². The molecule has 0 aliphatic heterocycles. The Bertz CT molecular complexity index is 1290. The summed E-state index contributed by atoms with van der Waals surface area (Å²) in [4.78, 5) is 53.3. The van der Waals surface area contributed by atoms with Crippen molar-refractivity contribution in [3.63, 3.8) is 0 Å². The smallest absolute Gasteiger partial charge is 0.327 e. The molecule has 0 aliphatic carbocycles. The standard InChI is InChI=1S/C30H48N4O8S/c1-18(2)22(16-19(3)25(35)32-21(28(38)39)17-43(40,41)42)34(10)27(37)24(29(4,5)6)33-26(36)23(31-9)30(7,8)20-14-12-11-13-15-20/h11-16,18,21-24,31H,17H2,1-10H3,(H,32,35)(H,33,36)(H,38,39)(H,40,41,42)/b19-16+/t21-,22+,23+,24?/m0/s1. The third-order valence-corrected chi connectivity index (χ3v) is 8.18. The molecular formula is C30H48N4O8S. The van der Waals surface area contributed by atoms with Gasteiger partial charge in [-0.15, -0.1) is 0 Å². The van der Waals surface area contributed by atoms with Crippen LogP contribution in [0.25, 0.3) is 0 Å². The molecule has 5 N–H and O–H groups in total. The third kappa shape index (κ3) is 10.7. The number of likely N-dealkylation sites (N-methyl/N-ethyl adjacent to an activating group) is 2. The Morgan fingerprint density at radius 1 is 0.977 bits per heavy atom. The number of carbonyl (C=O) groups excluding carboxylic acids is 3. The molecule has 242 valence electrons. The fourth-order valence-electron chi connectivity index (χ4n) is 4.82. The van der Waals surface area contributed by atoms with Crippen LogP contribution in [0.1, 0.15) is 61.0 Å². The highest BCUT2D eigenvalue weighted by atomic mass is 32.2. The molecular weight excluding hydrogens is 576 g/mol. The lowest BCUT2D eigenvalue weighted by Crippen LogP contribution is -2.61. The highest BCUT2D eigenvalue weighted by Gasteiger charge is 2.41. The van der Waals surface area contributed by atoms with Gasteiger partial charge in [0.15, 0.2) is 0 Å². The van der Waals surface area contributed by atoms with Gasteiger partial charge in [-0.05, 0) is 30.9 Å². The first-order chi connectivity index (χ1) is 19.5. The number of rotatable bonds is 14. The van der Waals surface area contributed by atoms with Gasteiger partial charge in [0.2, 0.25) is 17.7 Å². The van der Waals surface area contributed by atoms with E-state index in [1.165, 1.54) is 17.9 Å². The summed E-state index contributed by atoms with van der Waals surface area (Å²) in [5.41, 5.74) is -0.330. The number of amides is 3. The van der Waals surface area contributed by atoms with Crippen LogP contribution in [-0.4, -0.2) is 90.7 Å². The number of hydrogen-bond acceptors (Lipinski definition) is 7. The highest BCUT2D eigenvalue weighted by molar-refractivity contribution is 7.85. The predicted molar refractivity (Wildman–Crippen MR) is 165 cm³/mol. The van der Waals surface area contributed by atoms with E-state index in [2.05, 4.69) is 16.0 Å². The van der Waals surface area contributed by atoms with Crippen LogP contribution in [0.15, 0.2) is 42.0 Å². The summed E-state index contributed by atoms with van der Waals surface area (Å²) in [5, 5.41) is 17.4. The van der Waals surface area contributed by atoms with Gasteiger partial charge in [0.05, 0.1) is 12.1 Å². The molecule has 1 rings (SSSR count). The van der Waals surface area contributed by atoms with Crippen molar-refractivity contribution in [2.45, 2.75) is 85.0 Å². The lowest BCUT2D eigenvalue weighted by atomic mass is 9.76. The maximum absolute atomic E-state index is 14.0. The van der Waals surface area contributed by atoms with Crippen molar-refractivity contribution in [3.05, 3.63) is 47.5 Å². The molecule has 0 spiro atoms. The predicted octanol–water partition coefficient (Wildman–Crippen LogP) is 1.97. The normalized spacial score (nSPS) is 15.7. The first-order valence-electron chi connectivity index (χ1n) is 14.0. The van der Waals surface area contributed by atoms with Crippen LogP contribution in [0.3, 0.4) is 0 Å². The highest BCUT2D eigenvalue weighted by Crippen LogP contribution is 2.29. The fraction of sp³-hybridized carbons (Fsp3) is 0.600. The zero-order valence-electron chi connectivity index (χ0n) is 26.8. The number of carbonyl (C=O) groups is 4. The van der Waals surface area contributed by atoms with E-state index < -0.39 is 68.7 Å². The Morgan fingerprint density at radius 2 is 1.51 bits per heavy atom. The Labute approximate surface area is 255 Å². The molecule has 43 heavy (non-hydrogen) atoms. The van der Waals surface area contributed by atoms with E-state index in [9.17, 15) is 32.7 Å². The second-order valence-electron chi connectivity index (χ2n) is 12.8. The van der Waals surface area contributed by atoms with Crippen molar-refractivity contribution in [3.8, 4) is 0 Å². The average molecular weight is 625 g/mol. The number of aliphatic carboxylic acids is 1. The first kappa shape index (κ1) is 37.7. The summed E-state index contributed by atoms with van der Waals surface area (Å²) >= 11 is 0. The van der Waals surface area contributed by atoms with Crippen LogP contribution in [0.2, 0.25) is 0 Å². The van der Waals surface area contributed by atoms with Crippen molar-refractivity contribution in [1.29, 1.82) is 0 Å². The summed E-state index contributed by atoms with van der Waals surface area (Å²) in [7, 11) is -1.43. The van der Waals surface area contributed by atoms with E-state index in [0.717, 1.165) is 5.56 Å². The minimum Gasteiger partial charge on any atom is -0.480 e. The van der Waals surface area contributed by atoms with Crippen LogP contribution in [-0.2, 0) is 34.7 Å². The molecule has 4 atom stereocenters. The van der Waals surface area contributed by atoms with Crippen molar-refractivity contribution < 1.29 is 37.3 Å². The SMILES string of the molecule is CN[C@H](C(=O)NC(C(=O)N(C)[C@H](/C=C(\C)C(=O)N[C@@H](CS(=O)(=O)O)C(=O)O)C(C)C)C(C)(C)C)C(C)(C)c1ccccc1. The van der Waals surface area contributed by atoms with Gasteiger partial charge >= 0.3 is 5.97 Å². The Balaban J connectivity index is 3.31.